The first-order valence-corrected chi connectivity index (χ1v) is 9.32. The maximum absolute atomic E-state index is 11.9. The molecule has 1 aliphatic heterocycles. The van der Waals surface area contributed by atoms with Gasteiger partial charge in [-0.05, 0) is 55.5 Å². The molecular weight excluding hydrogens is 338 g/mol. The maximum atomic E-state index is 11.9. The molecule has 1 heterocycles. The Morgan fingerprint density at radius 3 is 2.63 bits per heavy atom. The molecule has 0 saturated carbocycles. The molecule has 0 unspecified atom stereocenters. The minimum Gasteiger partial charge on any atom is -0.493 e. The third kappa shape index (κ3) is 4.91. The summed E-state index contributed by atoms with van der Waals surface area (Å²) >= 11 is 0. The molecule has 2 aromatic carbocycles. The highest BCUT2D eigenvalue weighted by atomic mass is 16.6. The molecule has 0 radical (unpaired) electrons. The van der Waals surface area contributed by atoms with Crippen LogP contribution in [-0.2, 0) is 4.74 Å². The smallest absolute Gasteiger partial charge is 0.407 e. The van der Waals surface area contributed by atoms with Gasteiger partial charge in [-0.15, -0.1) is 0 Å². The number of rotatable bonds is 4. The number of fused-ring (bicyclic) bond motifs is 1. The Bertz CT molecular complexity index is 821. The van der Waals surface area contributed by atoms with E-state index in [0.29, 0.717) is 13.2 Å². The van der Waals surface area contributed by atoms with Crippen molar-refractivity contribution in [3.63, 3.8) is 0 Å². The van der Waals surface area contributed by atoms with E-state index in [-0.39, 0.29) is 12.0 Å². The Hall–Kier alpha value is -2.75. The molecule has 0 aromatic heterocycles. The van der Waals surface area contributed by atoms with Crippen LogP contribution < -0.4 is 10.1 Å². The molecule has 2 aromatic rings. The first-order chi connectivity index (χ1) is 12.8. The molecule has 0 aliphatic carbocycles. The third-order valence-electron chi connectivity index (χ3n) is 4.54. The van der Waals surface area contributed by atoms with Gasteiger partial charge in [-0.1, -0.05) is 49.0 Å². The first kappa shape index (κ1) is 19.0. The number of ether oxygens (including phenoxy) is 2. The van der Waals surface area contributed by atoms with Crippen LogP contribution in [0, 0.1) is 0 Å². The monoisotopic (exact) mass is 365 g/mol. The van der Waals surface area contributed by atoms with E-state index in [1.807, 2.05) is 45.0 Å². The highest BCUT2D eigenvalue weighted by Crippen LogP contribution is 2.36. The van der Waals surface area contributed by atoms with Crippen LogP contribution in [0.4, 0.5) is 4.79 Å². The molecule has 0 spiro atoms. The van der Waals surface area contributed by atoms with Gasteiger partial charge in [-0.25, -0.2) is 4.79 Å². The van der Waals surface area contributed by atoms with Gasteiger partial charge >= 0.3 is 6.09 Å². The second-order valence-corrected chi connectivity index (χ2v) is 7.81. The van der Waals surface area contributed by atoms with Crippen molar-refractivity contribution in [1.29, 1.82) is 0 Å². The minimum atomic E-state index is -0.496. The van der Waals surface area contributed by atoms with E-state index in [1.165, 1.54) is 0 Å². The molecular formula is C23H27NO3. The van der Waals surface area contributed by atoms with Gasteiger partial charge in [0.2, 0.25) is 0 Å². The molecule has 0 bridgehead atoms. The summed E-state index contributed by atoms with van der Waals surface area (Å²) in [5.74, 6) is 1.08. The Kier molecular flexibility index (Phi) is 5.54. The molecule has 0 fully saturated rings. The molecule has 1 N–H and O–H groups in total. The van der Waals surface area contributed by atoms with Crippen molar-refractivity contribution in [3.8, 4) is 5.75 Å². The fourth-order valence-electron chi connectivity index (χ4n) is 3.19. The summed E-state index contributed by atoms with van der Waals surface area (Å²) in [6.45, 7) is 11.0. The quantitative estimate of drug-likeness (QED) is 0.816. The molecule has 27 heavy (non-hydrogen) atoms. The van der Waals surface area contributed by atoms with Crippen molar-refractivity contribution >= 4 is 11.7 Å². The van der Waals surface area contributed by atoms with E-state index >= 15 is 0 Å². The average Bonchev–Trinajstić information content (AvgIpc) is 2.64. The number of carbonyl (C=O) groups is 1. The van der Waals surface area contributed by atoms with Crippen molar-refractivity contribution in [2.45, 2.75) is 38.7 Å². The largest absolute Gasteiger partial charge is 0.493 e. The van der Waals surface area contributed by atoms with Crippen LogP contribution in [0.25, 0.3) is 5.57 Å². The predicted octanol–water partition coefficient (Wildman–Crippen LogP) is 5.14. The lowest BCUT2D eigenvalue weighted by Gasteiger charge is -2.27. The van der Waals surface area contributed by atoms with Crippen LogP contribution in [0.1, 0.15) is 49.8 Å². The third-order valence-corrected chi connectivity index (χ3v) is 4.54. The summed E-state index contributed by atoms with van der Waals surface area (Å²) in [6.07, 6.45) is 0.478. The molecule has 142 valence electrons. The molecule has 3 rings (SSSR count). The summed E-state index contributed by atoms with van der Waals surface area (Å²) in [4.78, 5) is 11.9. The normalized spacial score (nSPS) is 16.0. The lowest BCUT2D eigenvalue weighted by Crippen LogP contribution is -2.35. The number of hydrogen-bond acceptors (Lipinski definition) is 3. The highest BCUT2D eigenvalue weighted by molar-refractivity contribution is 5.79. The highest BCUT2D eigenvalue weighted by Gasteiger charge is 2.24. The van der Waals surface area contributed by atoms with Crippen LogP contribution >= 0.6 is 0 Å². The zero-order valence-corrected chi connectivity index (χ0v) is 16.2. The van der Waals surface area contributed by atoms with E-state index in [9.17, 15) is 4.79 Å². The second-order valence-electron chi connectivity index (χ2n) is 7.81. The lowest BCUT2D eigenvalue weighted by atomic mass is 9.90. The molecule has 1 aliphatic rings. The average molecular weight is 365 g/mol. The van der Waals surface area contributed by atoms with Crippen LogP contribution in [0.2, 0.25) is 0 Å². The van der Waals surface area contributed by atoms with Crippen molar-refractivity contribution in [2.75, 3.05) is 13.2 Å². The van der Waals surface area contributed by atoms with Crippen molar-refractivity contribution < 1.29 is 14.3 Å². The first-order valence-electron chi connectivity index (χ1n) is 9.32. The second kappa shape index (κ2) is 7.87. The minimum absolute atomic E-state index is 0.209. The Morgan fingerprint density at radius 1 is 1.19 bits per heavy atom. The van der Waals surface area contributed by atoms with E-state index in [4.69, 9.17) is 9.47 Å². The van der Waals surface area contributed by atoms with E-state index in [2.05, 4.69) is 36.2 Å². The van der Waals surface area contributed by atoms with Crippen LogP contribution in [0.15, 0.2) is 55.1 Å². The van der Waals surface area contributed by atoms with Gasteiger partial charge in [-0.3, -0.25) is 0 Å². The van der Waals surface area contributed by atoms with Gasteiger partial charge < -0.3 is 14.8 Å². The molecule has 1 atom stereocenters. The van der Waals surface area contributed by atoms with Crippen molar-refractivity contribution in [3.05, 3.63) is 71.8 Å². The zero-order valence-electron chi connectivity index (χ0n) is 16.2. The Balaban J connectivity index is 1.71. The summed E-state index contributed by atoms with van der Waals surface area (Å²) in [5, 5.41) is 2.88. The maximum Gasteiger partial charge on any atom is 0.407 e. The number of alkyl carbamates (subject to hydrolysis) is 1. The lowest BCUT2D eigenvalue weighted by molar-refractivity contribution is 0.0521. The summed E-state index contributed by atoms with van der Waals surface area (Å²) < 4.78 is 11.2. The number of hydrogen-bond donors (Lipinski definition) is 1. The number of amides is 1. The summed E-state index contributed by atoms with van der Waals surface area (Å²) in [5.41, 5.74) is 3.72. The Morgan fingerprint density at radius 2 is 1.93 bits per heavy atom. The van der Waals surface area contributed by atoms with Gasteiger partial charge in [0.25, 0.3) is 0 Å². The summed E-state index contributed by atoms with van der Waals surface area (Å²) in [6, 6.07) is 16.3. The van der Waals surface area contributed by atoms with E-state index in [1.54, 1.807) is 0 Å². The Labute approximate surface area is 161 Å². The van der Waals surface area contributed by atoms with Gasteiger partial charge in [-0.2, -0.15) is 0 Å². The van der Waals surface area contributed by atoms with Crippen LogP contribution in [0.5, 0.6) is 5.75 Å². The fourth-order valence-corrected chi connectivity index (χ4v) is 3.19. The van der Waals surface area contributed by atoms with Crippen molar-refractivity contribution in [1.82, 2.24) is 5.32 Å². The SMILES string of the molecule is C=C(c1ccccc1)c1ccc2c(c1)OCC[C@H]2CNC(=O)OC(C)(C)C. The number of benzene rings is 2. The van der Waals surface area contributed by atoms with Crippen LogP contribution in [-0.4, -0.2) is 24.8 Å². The van der Waals surface area contributed by atoms with Gasteiger partial charge in [0.1, 0.15) is 11.4 Å². The van der Waals surface area contributed by atoms with Gasteiger partial charge in [0.15, 0.2) is 0 Å². The van der Waals surface area contributed by atoms with E-state index in [0.717, 1.165) is 34.4 Å². The molecule has 4 nitrogen and oxygen atoms in total. The van der Waals surface area contributed by atoms with Gasteiger partial charge in [0.05, 0.1) is 6.61 Å². The van der Waals surface area contributed by atoms with E-state index < -0.39 is 5.60 Å². The molecule has 0 saturated heterocycles. The number of carbonyl (C=O) groups excluding carboxylic acids is 1. The topological polar surface area (TPSA) is 47.6 Å². The predicted molar refractivity (Wildman–Crippen MR) is 108 cm³/mol. The fraction of sp³-hybridized carbons (Fsp3) is 0.348. The zero-order chi connectivity index (χ0) is 19.4. The molecule has 4 heteroatoms. The van der Waals surface area contributed by atoms with Gasteiger partial charge in [0, 0.05) is 12.5 Å². The van der Waals surface area contributed by atoms with Crippen LogP contribution in [0.3, 0.4) is 0 Å². The molecule has 1 amide bonds. The standard InChI is InChI=1S/C23H27NO3/c1-16(17-8-6-5-7-9-17)18-10-11-20-19(12-13-26-21(20)14-18)15-24-22(25)27-23(2,3)4/h5-11,14,19H,1,12-13,15H2,2-4H3,(H,24,25)/t19-/m0/s1. The summed E-state index contributed by atoms with van der Waals surface area (Å²) in [7, 11) is 0. The number of nitrogens with one attached hydrogen (secondary N) is 1. The van der Waals surface area contributed by atoms with Crippen molar-refractivity contribution in [2.24, 2.45) is 0 Å².